The van der Waals surface area contributed by atoms with Crippen molar-refractivity contribution in [3.8, 4) is 11.1 Å². The summed E-state index contributed by atoms with van der Waals surface area (Å²) in [6.45, 7) is 8.61. The summed E-state index contributed by atoms with van der Waals surface area (Å²) in [5.41, 5.74) is -3.48. The van der Waals surface area contributed by atoms with Gasteiger partial charge in [0.2, 0.25) is 15.9 Å². The Hall–Kier alpha value is -6.04. The highest BCUT2D eigenvalue weighted by Crippen LogP contribution is 2.46. The molecule has 1 aliphatic carbocycles. The quantitative estimate of drug-likeness (QED) is 0.0661. The lowest BCUT2D eigenvalue weighted by atomic mass is 9.94. The predicted octanol–water partition coefficient (Wildman–Crippen LogP) is 8.23. The number of rotatable bonds is 13. The Morgan fingerprint density at radius 1 is 1.04 bits per heavy atom. The van der Waals surface area contributed by atoms with E-state index in [0.29, 0.717) is 57.6 Å². The van der Waals surface area contributed by atoms with E-state index in [1.807, 2.05) is 11.8 Å². The van der Waals surface area contributed by atoms with E-state index in [1.165, 1.54) is 22.9 Å². The van der Waals surface area contributed by atoms with Gasteiger partial charge in [-0.1, -0.05) is 30.4 Å². The number of nitrogens with zero attached hydrogens (tertiary/aromatic N) is 6. The lowest BCUT2D eigenvalue weighted by molar-refractivity contribution is -0.121. The molecule has 0 radical (unpaired) electrons. The van der Waals surface area contributed by atoms with E-state index in [4.69, 9.17) is 20.1 Å². The van der Waals surface area contributed by atoms with Crippen LogP contribution < -0.4 is 20.3 Å². The number of para-hydroxylation sites is 1. The van der Waals surface area contributed by atoms with E-state index >= 15 is 8.78 Å². The molecule has 7 rings (SSSR count). The lowest BCUT2D eigenvalue weighted by Crippen LogP contribution is -2.55. The van der Waals surface area contributed by atoms with Gasteiger partial charge in [0.05, 0.1) is 40.4 Å². The smallest absolute Gasteiger partial charge is 0.433 e. The summed E-state index contributed by atoms with van der Waals surface area (Å²) in [4.78, 5) is 40.4. The van der Waals surface area contributed by atoms with Crippen LogP contribution in [0, 0.1) is 23.0 Å². The number of pyridine rings is 1. The number of sulfonamides is 1. The van der Waals surface area contributed by atoms with Crippen molar-refractivity contribution in [1.29, 1.82) is 5.41 Å². The Morgan fingerprint density at radius 2 is 1.74 bits per heavy atom. The molecule has 2 aliphatic rings. The number of aromatic nitrogens is 4. The van der Waals surface area contributed by atoms with Crippen LogP contribution >= 0.6 is 11.3 Å². The molecule has 0 unspecified atom stereocenters. The van der Waals surface area contributed by atoms with Crippen LogP contribution in [-0.4, -0.2) is 107 Å². The molecule has 5 aromatic rings. The summed E-state index contributed by atoms with van der Waals surface area (Å²) in [6.07, 6.45) is -6.29. The molecule has 366 valence electrons. The molecule has 4 N–H and O–H groups in total. The average molecular weight is 995 g/mol. The van der Waals surface area contributed by atoms with E-state index < -0.39 is 93.3 Å². The number of thiazole rings is 1. The third kappa shape index (κ3) is 10.8. The summed E-state index contributed by atoms with van der Waals surface area (Å²) in [7, 11) is -2.25. The summed E-state index contributed by atoms with van der Waals surface area (Å²) >= 11 is 1.26. The summed E-state index contributed by atoms with van der Waals surface area (Å²) in [6, 6.07) is 7.68. The maximum absolute atomic E-state index is 15.4. The van der Waals surface area contributed by atoms with Crippen molar-refractivity contribution in [2.45, 2.75) is 83.7 Å². The molecule has 0 spiro atoms. The largest absolute Gasteiger partial charge is 0.444 e. The van der Waals surface area contributed by atoms with Crippen LogP contribution in [0.4, 0.5) is 46.5 Å². The SMILES string of the molecule is CC[C@H]1CC(F)(F)C(NCC(=O)N[C@@H](Cc2cc(F)cc(F)c2)c2nc3nc(N4CCN(C(=O)OC(C)(C)C)[C@H](C)C4)sc3cc2-c2cccc3c(NS(C)(=O)=O)nn(C)c23)=C1C(=N)C(F)(F)F. The maximum atomic E-state index is 15.4. The van der Waals surface area contributed by atoms with Gasteiger partial charge in [-0.2, -0.15) is 32.0 Å². The van der Waals surface area contributed by atoms with Gasteiger partial charge in [-0.25, -0.2) is 27.0 Å². The summed E-state index contributed by atoms with van der Waals surface area (Å²) < 4.78 is 137. The fourth-order valence-corrected chi connectivity index (χ4v) is 10.1. The summed E-state index contributed by atoms with van der Waals surface area (Å²) in [5.74, 6) is -8.12. The second-order valence-electron chi connectivity index (χ2n) is 17.9. The van der Waals surface area contributed by atoms with Gasteiger partial charge < -0.3 is 25.2 Å². The molecule has 3 aromatic heterocycles. The zero-order valence-corrected chi connectivity index (χ0v) is 39.5. The van der Waals surface area contributed by atoms with Gasteiger partial charge in [0, 0.05) is 67.3 Å². The van der Waals surface area contributed by atoms with Crippen molar-refractivity contribution in [3.05, 3.63) is 76.6 Å². The highest BCUT2D eigenvalue weighted by Gasteiger charge is 2.52. The molecule has 1 fully saturated rings. The molecule has 3 atom stereocenters. The molecular weight excluding hydrogens is 946 g/mol. The predicted molar refractivity (Wildman–Crippen MR) is 243 cm³/mol. The van der Waals surface area contributed by atoms with E-state index in [0.717, 1.165) is 18.4 Å². The number of hydrogen-bond acceptors (Lipinski definition) is 12. The minimum Gasteiger partial charge on any atom is -0.444 e. The average Bonchev–Trinajstić information content (AvgIpc) is 3.86. The monoisotopic (exact) mass is 994 g/mol. The van der Waals surface area contributed by atoms with Crippen molar-refractivity contribution < 1.29 is 53.5 Å². The Labute approximate surface area is 390 Å². The number of nitrogens with one attached hydrogen (secondary N) is 4. The first-order valence-corrected chi connectivity index (χ1v) is 24.1. The van der Waals surface area contributed by atoms with Crippen molar-refractivity contribution in [1.82, 2.24) is 35.3 Å². The van der Waals surface area contributed by atoms with Gasteiger partial charge in [0.15, 0.2) is 16.6 Å². The number of amides is 2. The van der Waals surface area contributed by atoms with E-state index in [1.54, 1.807) is 57.0 Å². The molecule has 4 heterocycles. The van der Waals surface area contributed by atoms with Gasteiger partial charge in [-0.05, 0) is 76.3 Å². The molecule has 68 heavy (non-hydrogen) atoms. The van der Waals surface area contributed by atoms with Gasteiger partial charge in [0.1, 0.15) is 22.9 Å². The number of anilines is 2. The molecule has 24 heteroatoms. The first kappa shape index (κ1) is 49.9. The fourth-order valence-electron chi connectivity index (χ4n) is 8.58. The van der Waals surface area contributed by atoms with Crippen LogP contribution in [0.25, 0.3) is 32.4 Å². The van der Waals surface area contributed by atoms with Crippen molar-refractivity contribution in [2.24, 2.45) is 13.0 Å². The number of carbonyl (C=O) groups is 2. The molecule has 2 amide bonds. The van der Waals surface area contributed by atoms with Gasteiger partial charge >= 0.3 is 12.3 Å². The zero-order valence-electron chi connectivity index (χ0n) is 37.9. The number of halogens is 7. The molecule has 1 aliphatic heterocycles. The molecule has 0 bridgehead atoms. The first-order valence-electron chi connectivity index (χ1n) is 21.4. The Bertz CT molecular complexity index is 2930. The number of alkyl halides is 5. The second-order valence-corrected chi connectivity index (χ2v) is 20.6. The minimum absolute atomic E-state index is 0.00498. The van der Waals surface area contributed by atoms with Crippen LogP contribution in [-0.2, 0) is 33.0 Å². The topological polar surface area (TPSA) is 188 Å². The summed E-state index contributed by atoms with van der Waals surface area (Å²) in [5, 5.41) is 17.9. The number of fused-ring (bicyclic) bond motifs is 2. The number of piperazine rings is 1. The van der Waals surface area contributed by atoms with Crippen LogP contribution in [0.3, 0.4) is 0 Å². The molecular formula is C44H49F7N10O5S2. The standard InChI is InChI=1S/C44H49F7N10O5S2/c1-8-24-19-43(47,48)37(33(24)36(52)44(49,50)51)53-20-32(62)54-30(16-23-14-25(45)17-26(46)15-23)34-29(27-10-9-11-28-35(27)59(6)57-38(28)58-68(7,64)65)18-31-39(55-34)56-40(67-31)60-12-13-61(22(2)21-60)41(63)66-42(3,4)5/h9-11,14-15,17-18,22,24,30,52-53H,8,12-13,16,19-21H2,1-7H3,(H,54,62)(H,57,58)/t22-,24+,30+/m1/s1. The lowest BCUT2D eigenvalue weighted by Gasteiger charge is -2.40. The van der Waals surface area contributed by atoms with E-state index in [2.05, 4.69) is 20.5 Å². The molecule has 0 saturated carbocycles. The highest BCUT2D eigenvalue weighted by atomic mass is 32.2. The van der Waals surface area contributed by atoms with Gasteiger partial charge in [0.25, 0.3) is 5.92 Å². The van der Waals surface area contributed by atoms with Crippen molar-refractivity contribution in [3.63, 3.8) is 0 Å². The Balaban J connectivity index is 1.35. The first-order chi connectivity index (χ1) is 31.6. The molecule has 15 nitrogen and oxygen atoms in total. The van der Waals surface area contributed by atoms with Crippen molar-refractivity contribution >= 4 is 71.3 Å². The van der Waals surface area contributed by atoms with E-state index in [-0.39, 0.29) is 41.6 Å². The Kier molecular flexibility index (Phi) is 13.5. The number of ether oxygens (including phenoxy) is 1. The van der Waals surface area contributed by atoms with Gasteiger partial charge in [-0.3, -0.25) is 19.6 Å². The third-order valence-corrected chi connectivity index (χ3v) is 13.0. The molecule has 1 saturated heterocycles. The zero-order chi connectivity index (χ0) is 49.8. The van der Waals surface area contributed by atoms with Crippen molar-refractivity contribution in [2.75, 3.05) is 42.1 Å². The number of allylic oxidation sites excluding steroid dienone is 2. The number of carbonyl (C=O) groups excluding carboxylic acids is 2. The number of hydrogen-bond donors (Lipinski definition) is 4. The second kappa shape index (κ2) is 18.5. The third-order valence-electron chi connectivity index (χ3n) is 11.4. The van der Waals surface area contributed by atoms with Crippen LogP contribution in [0.2, 0.25) is 0 Å². The highest BCUT2D eigenvalue weighted by molar-refractivity contribution is 7.92. The minimum atomic E-state index is -5.26. The number of aryl methyl sites for hydroxylation is 1. The van der Waals surface area contributed by atoms with Gasteiger partial charge in [-0.15, -0.1) is 0 Å². The van der Waals surface area contributed by atoms with Crippen LogP contribution in [0.1, 0.15) is 64.8 Å². The normalized spacial score (nSPS) is 18.3. The Morgan fingerprint density at radius 3 is 2.35 bits per heavy atom. The van der Waals surface area contributed by atoms with Crippen LogP contribution in [0.15, 0.2) is 53.7 Å². The van der Waals surface area contributed by atoms with Crippen LogP contribution in [0.5, 0.6) is 0 Å². The fraction of sp³-hybridized carbons (Fsp3) is 0.455. The maximum Gasteiger partial charge on any atom is 0.433 e. The van der Waals surface area contributed by atoms with E-state index in [9.17, 15) is 40.0 Å². The number of benzene rings is 2. The molecule has 2 aromatic carbocycles.